The van der Waals surface area contributed by atoms with Gasteiger partial charge in [0.1, 0.15) is 0 Å². The largest absolute Gasteiger partial charge is 0.350 e. The molecule has 1 aromatic heterocycles. The van der Waals surface area contributed by atoms with Gasteiger partial charge in [-0.2, -0.15) is 11.8 Å². The normalized spacial score (nSPS) is 11.6. The van der Waals surface area contributed by atoms with Crippen LogP contribution in [0.5, 0.6) is 0 Å². The molecule has 0 atom stereocenters. The van der Waals surface area contributed by atoms with Crippen LogP contribution in [-0.4, -0.2) is 9.82 Å². The minimum Gasteiger partial charge on any atom is -0.350 e. The van der Waals surface area contributed by atoms with E-state index in [0.717, 1.165) is 5.75 Å². The van der Waals surface area contributed by atoms with Gasteiger partial charge in [0.25, 0.3) is 0 Å². The minimum atomic E-state index is 0.695. The van der Waals surface area contributed by atoms with Gasteiger partial charge in [-0.05, 0) is 29.4 Å². The molecule has 0 aliphatic rings. The maximum absolute atomic E-state index is 2.26. The zero-order valence-corrected chi connectivity index (χ0v) is 11.3. The van der Waals surface area contributed by atoms with Gasteiger partial charge in [-0.15, -0.1) is 0 Å². The van der Waals surface area contributed by atoms with Gasteiger partial charge in [0.05, 0.1) is 0 Å². The molecule has 2 heteroatoms. The summed E-state index contributed by atoms with van der Waals surface area (Å²) >= 11 is 2.00. The molecule has 16 heavy (non-hydrogen) atoms. The predicted molar refractivity (Wildman–Crippen MR) is 74.1 cm³/mol. The second-order valence-electron chi connectivity index (χ2n) is 4.65. The van der Waals surface area contributed by atoms with E-state index in [2.05, 4.69) is 56.8 Å². The Morgan fingerprint density at radius 3 is 2.75 bits per heavy atom. The van der Waals surface area contributed by atoms with Crippen LogP contribution in [0.25, 0.3) is 10.9 Å². The molecule has 0 saturated heterocycles. The standard InChI is InChI=1S/C14H19NS/c1-10(2)16-9-12-8-15(4)14-7-11(3)5-6-13(12)14/h5-8,10H,9H2,1-4H3. The number of fused-ring (bicyclic) bond motifs is 1. The molecule has 0 amide bonds. The lowest BCUT2D eigenvalue weighted by Gasteiger charge is -2.03. The third-order valence-corrected chi connectivity index (χ3v) is 3.95. The van der Waals surface area contributed by atoms with E-state index in [1.807, 2.05) is 11.8 Å². The summed E-state index contributed by atoms with van der Waals surface area (Å²) in [5.74, 6) is 1.11. The van der Waals surface area contributed by atoms with E-state index in [4.69, 9.17) is 0 Å². The highest BCUT2D eigenvalue weighted by atomic mass is 32.2. The second-order valence-corrected chi connectivity index (χ2v) is 6.21. The molecule has 1 nitrogen and oxygen atoms in total. The van der Waals surface area contributed by atoms with Crippen LogP contribution >= 0.6 is 11.8 Å². The molecule has 0 fully saturated rings. The molecular weight excluding hydrogens is 214 g/mol. The molecule has 0 saturated carbocycles. The Morgan fingerprint density at radius 1 is 1.31 bits per heavy atom. The van der Waals surface area contributed by atoms with E-state index in [9.17, 15) is 0 Å². The summed E-state index contributed by atoms with van der Waals surface area (Å²) in [4.78, 5) is 0. The number of thioether (sulfide) groups is 1. The lowest BCUT2D eigenvalue weighted by Crippen LogP contribution is -1.88. The number of nitrogens with zero attached hydrogens (tertiary/aromatic N) is 1. The Bertz CT molecular complexity index is 497. The van der Waals surface area contributed by atoms with Gasteiger partial charge in [-0.3, -0.25) is 0 Å². The molecule has 2 aromatic rings. The smallest absolute Gasteiger partial charge is 0.0483 e. The van der Waals surface area contributed by atoms with E-state index in [0.29, 0.717) is 5.25 Å². The number of hydrogen-bond acceptors (Lipinski definition) is 1. The first-order chi connectivity index (χ1) is 7.58. The molecular formula is C14H19NS. The topological polar surface area (TPSA) is 4.93 Å². The van der Waals surface area contributed by atoms with E-state index >= 15 is 0 Å². The summed E-state index contributed by atoms with van der Waals surface area (Å²) in [5.41, 5.74) is 4.13. The molecule has 0 bridgehead atoms. The van der Waals surface area contributed by atoms with Gasteiger partial charge < -0.3 is 4.57 Å². The predicted octanol–water partition coefficient (Wildman–Crippen LogP) is 4.13. The quantitative estimate of drug-likeness (QED) is 0.771. The maximum atomic E-state index is 2.26. The first-order valence-corrected chi connectivity index (χ1v) is 6.79. The molecule has 2 rings (SSSR count). The molecule has 0 aliphatic heterocycles. The number of benzene rings is 1. The van der Waals surface area contributed by atoms with Gasteiger partial charge in [0.2, 0.25) is 0 Å². The zero-order valence-electron chi connectivity index (χ0n) is 10.4. The third-order valence-electron chi connectivity index (χ3n) is 2.80. The number of rotatable bonds is 3. The monoisotopic (exact) mass is 233 g/mol. The number of aromatic nitrogens is 1. The van der Waals surface area contributed by atoms with Crippen molar-refractivity contribution in [1.29, 1.82) is 0 Å². The fraction of sp³-hybridized carbons (Fsp3) is 0.429. The zero-order chi connectivity index (χ0) is 11.7. The van der Waals surface area contributed by atoms with Gasteiger partial charge in [0.15, 0.2) is 0 Å². The molecule has 0 unspecified atom stereocenters. The van der Waals surface area contributed by atoms with Gasteiger partial charge in [-0.1, -0.05) is 26.0 Å². The SMILES string of the molecule is Cc1ccc2c(CSC(C)C)cn(C)c2c1. The van der Waals surface area contributed by atoms with Crippen molar-refractivity contribution in [3.8, 4) is 0 Å². The number of hydrogen-bond donors (Lipinski definition) is 0. The van der Waals surface area contributed by atoms with Crippen molar-refractivity contribution in [1.82, 2.24) is 4.57 Å². The van der Waals surface area contributed by atoms with Crippen LogP contribution < -0.4 is 0 Å². The summed E-state index contributed by atoms with van der Waals surface area (Å²) < 4.78 is 2.23. The Hall–Kier alpha value is -0.890. The van der Waals surface area contributed by atoms with Crippen molar-refractivity contribution in [2.75, 3.05) is 0 Å². The second kappa shape index (κ2) is 4.54. The van der Waals surface area contributed by atoms with E-state index in [-0.39, 0.29) is 0 Å². The molecule has 86 valence electrons. The highest BCUT2D eigenvalue weighted by Crippen LogP contribution is 2.26. The van der Waals surface area contributed by atoms with E-state index in [1.165, 1.54) is 22.0 Å². The molecule has 1 aromatic carbocycles. The van der Waals surface area contributed by atoms with Crippen LogP contribution in [0.2, 0.25) is 0 Å². The first-order valence-electron chi connectivity index (χ1n) is 5.74. The highest BCUT2D eigenvalue weighted by molar-refractivity contribution is 7.99. The molecule has 0 aliphatic carbocycles. The highest BCUT2D eigenvalue weighted by Gasteiger charge is 2.07. The summed E-state index contributed by atoms with van der Waals surface area (Å²) in [7, 11) is 2.13. The van der Waals surface area contributed by atoms with Crippen LogP contribution in [0.15, 0.2) is 24.4 Å². The summed E-state index contributed by atoms with van der Waals surface area (Å²) in [6, 6.07) is 6.71. The van der Waals surface area contributed by atoms with Gasteiger partial charge in [0, 0.05) is 29.9 Å². The van der Waals surface area contributed by atoms with Crippen molar-refractivity contribution in [2.24, 2.45) is 7.05 Å². The molecule has 0 N–H and O–H groups in total. The third kappa shape index (κ3) is 2.27. The Labute approximate surface area is 102 Å². The van der Waals surface area contributed by atoms with Crippen LogP contribution in [0.3, 0.4) is 0 Å². The van der Waals surface area contributed by atoms with Crippen LogP contribution in [-0.2, 0) is 12.8 Å². The Morgan fingerprint density at radius 2 is 2.06 bits per heavy atom. The van der Waals surface area contributed by atoms with Crippen molar-refractivity contribution in [2.45, 2.75) is 31.8 Å². The summed E-state index contributed by atoms with van der Waals surface area (Å²) in [5, 5.41) is 2.10. The molecule has 0 radical (unpaired) electrons. The first kappa shape index (κ1) is 11.6. The Kier molecular flexibility index (Phi) is 3.29. The lowest BCUT2D eigenvalue weighted by molar-refractivity contribution is 0.962. The van der Waals surface area contributed by atoms with Gasteiger partial charge in [-0.25, -0.2) is 0 Å². The van der Waals surface area contributed by atoms with Crippen LogP contribution in [0.1, 0.15) is 25.0 Å². The van der Waals surface area contributed by atoms with Crippen molar-refractivity contribution >= 4 is 22.7 Å². The summed E-state index contributed by atoms with van der Waals surface area (Å²) in [6.45, 7) is 6.65. The fourth-order valence-electron chi connectivity index (χ4n) is 1.95. The van der Waals surface area contributed by atoms with Crippen LogP contribution in [0.4, 0.5) is 0 Å². The molecule has 1 heterocycles. The van der Waals surface area contributed by atoms with Gasteiger partial charge >= 0.3 is 0 Å². The van der Waals surface area contributed by atoms with Crippen molar-refractivity contribution in [3.05, 3.63) is 35.5 Å². The average molecular weight is 233 g/mol. The summed E-state index contributed by atoms with van der Waals surface area (Å²) in [6.07, 6.45) is 2.26. The van der Waals surface area contributed by atoms with Crippen molar-refractivity contribution in [3.63, 3.8) is 0 Å². The molecule has 0 spiro atoms. The van der Waals surface area contributed by atoms with Crippen LogP contribution in [0, 0.1) is 6.92 Å². The average Bonchev–Trinajstić information content (AvgIpc) is 2.53. The maximum Gasteiger partial charge on any atom is 0.0483 e. The van der Waals surface area contributed by atoms with E-state index in [1.54, 1.807) is 0 Å². The fourth-order valence-corrected chi connectivity index (χ4v) is 2.69. The van der Waals surface area contributed by atoms with E-state index < -0.39 is 0 Å². The number of aryl methyl sites for hydroxylation is 2. The van der Waals surface area contributed by atoms with Crippen molar-refractivity contribution < 1.29 is 0 Å². The lowest BCUT2D eigenvalue weighted by atomic mass is 10.1. The Balaban J connectivity index is 2.39. The minimum absolute atomic E-state index is 0.695.